The van der Waals surface area contributed by atoms with Gasteiger partial charge in [-0.05, 0) is 88.9 Å². The molecule has 22 heavy (non-hydrogen) atoms. The van der Waals surface area contributed by atoms with E-state index in [2.05, 4.69) is 41.3 Å². The molecule has 0 aromatic rings. The van der Waals surface area contributed by atoms with Gasteiger partial charge in [0.1, 0.15) is 0 Å². The van der Waals surface area contributed by atoms with Gasteiger partial charge in [0.2, 0.25) is 0 Å². The van der Waals surface area contributed by atoms with Crippen LogP contribution >= 0.6 is 22.6 Å². The summed E-state index contributed by atoms with van der Waals surface area (Å²) in [5.74, 6) is 1.96. The van der Waals surface area contributed by atoms with Crippen LogP contribution in [0.3, 0.4) is 0 Å². The van der Waals surface area contributed by atoms with Crippen molar-refractivity contribution < 1.29 is 0 Å². The first-order valence-corrected chi connectivity index (χ1v) is 11.3. The largest absolute Gasteiger partial charge is 0.294 e. The highest BCUT2D eigenvalue weighted by Gasteiger charge is 2.36. The lowest BCUT2D eigenvalue weighted by Gasteiger charge is -2.49. The quantitative estimate of drug-likeness (QED) is 0.391. The van der Waals surface area contributed by atoms with E-state index in [1.807, 2.05) is 0 Å². The summed E-state index contributed by atoms with van der Waals surface area (Å²) in [4.78, 5) is 3.10. The van der Waals surface area contributed by atoms with Crippen LogP contribution in [0, 0.1) is 11.8 Å². The summed E-state index contributed by atoms with van der Waals surface area (Å²) in [6.07, 6.45) is 17.7. The molecule has 3 aliphatic carbocycles. The Morgan fingerprint density at radius 2 is 0.864 bits per heavy atom. The predicted octanol–water partition coefficient (Wildman–Crippen LogP) is 6.19. The van der Waals surface area contributed by atoms with E-state index in [9.17, 15) is 0 Å². The molecule has 0 N–H and O–H groups in total. The van der Waals surface area contributed by atoms with E-state index >= 15 is 0 Å². The molecule has 3 fully saturated rings. The topological polar surface area (TPSA) is 3.24 Å². The molecule has 1 nitrogen and oxygen atoms in total. The first kappa shape index (κ1) is 17.5. The van der Waals surface area contributed by atoms with E-state index in [1.165, 1.54) is 77.0 Å². The van der Waals surface area contributed by atoms with Gasteiger partial charge in [0, 0.05) is 22.1 Å². The van der Waals surface area contributed by atoms with E-state index in [0.717, 1.165) is 33.9 Å². The van der Waals surface area contributed by atoms with Gasteiger partial charge in [0.05, 0.1) is 0 Å². The Labute approximate surface area is 152 Å². The Balaban J connectivity index is 1.67. The summed E-state index contributed by atoms with van der Waals surface area (Å²) < 4.78 is 0.952. The number of alkyl halides is 1. The number of nitrogens with zero attached hydrogens (tertiary/aromatic N) is 1. The van der Waals surface area contributed by atoms with Crippen LogP contribution in [0.1, 0.15) is 90.9 Å². The van der Waals surface area contributed by atoms with E-state index in [1.54, 1.807) is 0 Å². The molecule has 3 aliphatic rings. The molecule has 3 rings (SSSR count). The second kappa shape index (κ2) is 8.18. The maximum atomic E-state index is 3.10. The molecule has 0 amide bonds. The van der Waals surface area contributed by atoms with Gasteiger partial charge < -0.3 is 0 Å². The average Bonchev–Trinajstić information content (AvgIpc) is 2.53. The van der Waals surface area contributed by atoms with Crippen LogP contribution in [-0.4, -0.2) is 27.0 Å². The Morgan fingerprint density at radius 3 is 1.23 bits per heavy atom. The first-order chi connectivity index (χ1) is 10.6. The minimum Gasteiger partial charge on any atom is -0.294 e. The summed E-state index contributed by atoms with van der Waals surface area (Å²) in [5, 5.41) is 0. The fourth-order valence-corrected chi connectivity index (χ4v) is 6.03. The fourth-order valence-electron chi connectivity index (χ4n) is 5.31. The Kier molecular flexibility index (Phi) is 6.51. The van der Waals surface area contributed by atoms with Gasteiger partial charge >= 0.3 is 0 Å². The fraction of sp³-hybridized carbons (Fsp3) is 1.00. The Bertz CT molecular complexity index is 268. The summed E-state index contributed by atoms with van der Waals surface area (Å²) in [5.41, 5.74) is 0. The molecular weight excluding hydrogens is 381 g/mol. The molecule has 0 unspecified atom stereocenters. The minimum absolute atomic E-state index is 0.919. The first-order valence-electron chi connectivity index (χ1n) is 10.0. The van der Waals surface area contributed by atoms with Crippen LogP contribution in [0.15, 0.2) is 0 Å². The van der Waals surface area contributed by atoms with Crippen molar-refractivity contribution in [2.45, 2.75) is 113 Å². The summed E-state index contributed by atoms with van der Waals surface area (Å²) in [6.45, 7) is 4.92. The summed E-state index contributed by atoms with van der Waals surface area (Å²) in [6, 6.07) is 2.76. The molecule has 2 heteroatoms. The van der Waals surface area contributed by atoms with Crippen molar-refractivity contribution in [3.63, 3.8) is 0 Å². The van der Waals surface area contributed by atoms with Crippen molar-refractivity contribution in [2.24, 2.45) is 11.8 Å². The normalized spacial score (nSPS) is 44.2. The number of hydrogen-bond donors (Lipinski definition) is 0. The van der Waals surface area contributed by atoms with Gasteiger partial charge in [0.15, 0.2) is 0 Å². The Morgan fingerprint density at radius 1 is 0.545 bits per heavy atom. The van der Waals surface area contributed by atoms with E-state index in [4.69, 9.17) is 0 Å². The molecule has 0 aliphatic heterocycles. The molecule has 0 aromatic heterocycles. The van der Waals surface area contributed by atoms with E-state index < -0.39 is 0 Å². The van der Waals surface area contributed by atoms with Gasteiger partial charge in [-0.2, -0.15) is 0 Å². The standard InChI is InChI=1S/C20H36IN/c1-15-3-9-18(10-4-15)22(19-11-5-16(2)6-12-19)20-13-7-17(21)8-14-20/h15-20H,3-14H2,1-2H3. The second-order valence-electron chi connectivity index (χ2n) is 8.68. The third-order valence-electron chi connectivity index (χ3n) is 6.86. The zero-order valence-electron chi connectivity index (χ0n) is 14.8. The number of halogens is 1. The van der Waals surface area contributed by atoms with Crippen LogP contribution < -0.4 is 0 Å². The van der Waals surface area contributed by atoms with Gasteiger partial charge in [-0.3, -0.25) is 4.90 Å². The van der Waals surface area contributed by atoms with Crippen molar-refractivity contribution in [2.75, 3.05) is 0 Å². The van der Waals surface area contributed by atoms with Gasteiger partial charge in [-0.25, -0.2) is 0 Å². The van der Waals surface area contributed by atoms with E-state index in [0.29, 0.717) is 0 Å². The smallest absolute Gasteiger partial charge is 0.0111 e. The third kappa shape index (κ3) is 4.40. The van der Waals surface area contributed by atoms with Crippen LogP contribution in [0.2, 0.25) is 0 Å². The van der Waals surface area contributed by atoms with Crippen molar-refractivity contribution in [3.8, 4) is 0 Å². The maximum absolute atomic E-state index is 3.10. The maximum Gasteiger partial charge on any atom is 0.0111 e. The average molecular weight is 417 g/mol. The molecule has 0 bridgehead atoms. The molecular formula is C20H36IN. The highest BCUT2D eigenvalue weighted by Crippen LogP contribution is 2.38. The molecule has 128 valence electrons. The zero-order chi connectivity index (χ0) is 15.5. The molecule has 0 spiro atoms. The predicted molar refractivity (Wildman–Crippen MR) is 105 cm³/mol. The SMILES string of the molecule is CC1CCC(N(C2CCC(C)CC2)C2CCC(I)CC2)CC1. The van der Waals surface area contributed by atoms with Gasteiger partial charge in [0.25, 0.3) is 0 Å². The lowest BCUT2D eigenvalue weighted by Crippen LogP contribution is -2.52. The van der Waals surface area contributed by atoms with Gasteiger partial charge in [-0.1, -0.05) is 36.4 Å². The zero-order valence-corrected chi connectivity index (χ0v) is 16.9. The van der Waals surface area contributed by atoms with Gasteiger partial charge in [-0.15, -0.1) is 0 Å². The summed E-state index contributed by atoms with van der Waals surface area (Å²) in [7, 11) is 0. The molecule has 0 saturated heterocycles. The Hall–Kier alpha value is 0.690. The second-order valence-corrected chi connectivity index (χ2v) is 10.4. The van der Waals surface area contributed by atoms with E-state index in [-0.39, 0.29) is 0 Å². The van der Waals surface area contributed by atoms with Crippen molar-refractivity contribution in [1.82, 2.24) is 4.90 Å². The molecule has 0 atom stereocenters. The lowest BCUT2D eigenvalue weighted by molar-refractivity contribution is 0.0126. The third-order valence-corrected chi connectivity index (χ3v) is 8.11. The number of rotatable bonds is 3. The van der Waals surface area contributed by atoms with Crippen molar-refractivity contribution in [3.05, 3.63) is 0 Å². The molecule has 0 aromatic carbocycles. The van der Waals surface area contributed by atoms with Crippen LogP contribution in [0.5, 0.6) is 0 Å². The minimum atomic E-state index is 0.919. The van der Waals surface area contributed by atoms with Crippen LogP contribution in [-0.2, 0) is 0 Å². The van der Waals surface area contributed by atoms with Crippen molar-refractivity contribution in [1.29, 1.82) is 0 Å². The lowest BCUT2D eigenvalue weighted by atomic mass is 9.80. The monoisotopic (exact) mass is 417 g/mol. The molecule has 0 heterocycles. The molecule has 0 radical (unpaired) electrons. The number of hydrogen-bond acceptors (Lipinski definition) is 1. The van der Waals surface area contributed by atoms with Crippen LogP contribution in [0.4, 0.5) is 0 Å². The highest BCUT2D eigenvalue weighted by molar-refractivity contribution is 14.1. The highest BCUT2D eigenvalue weighted by atomic mass is 127. The molecule has 3 saturated carbocycles. The summed E-state index contributed by atoms with van der Waals surface area (Å²) >= 11 is 2.69. The van der Waals surface area contributed by atoms with Crippen LogP contribution in [0.25, 0.3) is 0 Å². The van der Waals surface area contributed by atoms with Crippen molar-refractivity contribution >= 4 is 22.6 Å².